The fraction of sp³-hybridized carbons (Fsp3) is 0.238. The Hall–Kier alpha value is -6.07. The molecule has 428 valence electrons. The number of hydrogen-bond acceptors (Lipinski definition) is 16. The molecule has 0 unspecified atom stereocenters. The van der Waals surface area contributed by atoms with Crippen molar-refractivity contribution >= 4 is 23.5 Å². The number of rotatable bonds is 32. The van der Waals surface area contributed by atoms with Gasteiger partial charge >= 0.3 is 23.5 Å². The van der Waals surface area contributed by atoms with Crippen LogP contribution in [0.5, 0.6) is 0 Å². The third kappa shape index (κ3) is 18.7. The molecule has 0 aromatic heterocycles. The summed E-state index contributed by atoms with van der Waals surface area (Å²) in [5.41, 5.74) is 5.14. The summed E-state index contributed by atoms with van der Waals surface area (Å²) in [5, 5.41) is 13.4. The molecule has 8 aromatic rings. The SMILES string of the molecule is O=P(OCc1ccccc1)(OCc1ccccc1)O[C@H]1[C@H](OCOCc2ccccc2)[C@H](OCc2ccccc2)[C@H](OP(=O)(OCc2ccccc2)OCc2ccccc2)[C@@H](O)[C@@H]1OP(=O)(OCc1ccccc1)OCc1ccccc1. The minimum Gasteiger partial charge on any atom is -0.387 e. The molecule has 0 radical (unpaired) electrons. The molecule has 82 heavy (non-hydrogen) atoms. The lowest BCUT2D eigenvalue weighted by atomic mass is 9.84. The van der Waals surface area contributed by atoms with Crippen LogP contribution in [0.1, 0.15) is 44.5 Å². The second kappa shape index (κ2) is 31.0. The van der Waals surface area contributed by atoms with Crippen molar-refractivity contribution in [2.24, 2.45) is 0 Å². The molecule has 8 aromatic carbocycles. The highest BCUT2D eigenvalue weighted by Gasteiger charge is 2.60. The maximum Gasteiger partial charge on any atom is 0.475 e. The highest BCUT2D eigenvalue weighted by molar-refractivity contribution is 7.49. The highest BCUT2D eigenvalue weighted by atomic mass is 31.2. The van der Waals surface area contributed by atoms with Crippen LogP contribution < -0.4 is 0 Å². The molecule has 1 aliphatic carbocycles. The molecule has 0 amide bonds. The number of aliphatic hydroxyl groups excluding tert-OH is 1. The van der Waals surface area contributed by atoms with Crippen molar-refractivity contribution in [2.75, 3.05) is 6.79 Å². The maximum atomic E-state index is 15.8. The van der Waals surface area contributed by atoms with Crippen LogP contribution in [0, 0.1) is 0 Å². The number of aliphatic hydroxyl groups is 1. The van der Waals surface area contributed by atoms with Gasteiger partial charge in [0.15, 0.2) is 0 Å². The predicted molar refractivity (Wildman–Crippen MR) is 307 cm³/mol. The van der Waals surface area contributed by atoms with Gasteiger partial charge in [-0.25, -0.2) is 13.7 Å². The molecule has 1 aliphatic rings. The number of benzene rings is 8. The molecule has 0 saturated heterocycles. The largest absolute Gasteiger partial charge is 0.475 e. The summed E-state index contributed by atoms with van der Waals surface area (Å²) in [6.07, 6.45) is -11.1. The summed E-state index contributed by atoms with van der Waals surface area (Å²) >= 11 is 0. The Morgan fingerprint density at radius 1 is 0.268 bits per heavy atom. The van der Waals surface area contributed by atoms with Crippen LogP contribution in [-0.2, 0) is 121 Å². The van der Waals surface area contributed by atoms with E-state index in [1.807, 2.05) is 97.1 Å². The van der Waals surface area contributed by atoms with Crippen molar-refractivity contribution in [3.05, 3.63) is 287 Å². The van der Waals surface area contributed by atoms with Gasteiger partial charge in [0, 0.05) is 0 Å². The average molecular weight is 1170 g/mol. The van der Waals surface area contributed by atoms with Gasteiger partial charge in [0.25, 0.3) is 0 Å². The van der Waals surface area contributed by atoms with E-state index in [1.165, 1.54) is 0 Å². The minimum absolute atomic E-state index is 0.0711. The number of phosphoric acid groups is 3. The molecule has 16 nitrogen and oxygen atoms in total. The molecule has 1 saturated carbocycles. The summed E-state index contributed by atoms with van der Waals surface area (Å²) in [4.78, 5) is 0. The van der Waals surface area contributed by atoms with E-state index in [-0.39, 0.29) is 52.9 Å². The topological polar surface area (TPSA) is 182 Å². The molecule has 0 heterocycles. The maximum absolute atomic E-state index is 15.8. The van der Waals surface area contributed by atoms with Gasteiger partial charge in [0.05, 0.1) is 52.9 Å². The van der Waals surface area contributed by atoms with Gasteiger partial charge in [-0.15, -0.1) is 0 Å². The van der Waals surface area contributed by atoms with Gasteiger partial charge in [0.2, 0.25) is 0 Å². The first-order chi connectivity index (χ1) is 40.1. The Bertz CT molecular complexity index is 3090. The molecule has 0 spiro atoms. The summed E-state index contributed by atoms with van der Waals surface area (Å²) in [6.45, 7) is -2.27. The van der Waals surface area contributed by atoms with Gasteiger partial charge in [-0.05, 0) is 44.5 Å². The Morgan fingerprint density at radius 3 is 0.768 bits per heavy atom. The van der Waals surface area contributed by atoms with E-state index in [2.05, 4.69) is 0 Å². The fourth-order valence-corrected chi connectivity index (χ4v) is 12.7. The van der Waals surface area contributed by atoms with Crippen molar-refractivity contribution < 1.29 is 73.7 Å². The predicted octanol–water partition coefficient (Wildman–Crippen LogP) is 14.3. The molecular weight excluding hydrogens is 1110 g/mol. The molecule has 0 bridgehead atoms. The smallest absolute Gasteiger partial charge is 0.387 e. The molecule has 19 heteroatoms. The number of phosphoric ester groups is 3. The van der Waals surface area contributed by atoms with Crippen LogP contribution in [0.3, 0.4) is 0 Å². The van der Waals surface area contributed by atoms with Crippen LogP contribution in [0.2, 0.25) is 0 Å². The number of ether oxygens (including phenoxy) is 3. The number of hydrogen-bond donors (Lipinski definition) is 1. The molecule has 6 atom stereocenters. The highest BCUT2D eigenvalue weighted by Crippen LogP contribution is 2.60. The van der Waals surface area contributed by atoms with E-state index in [9.17, 15) is 5.11 Å². The Morgan fingerprint density at radius 2 is 0.488 bits per heavy atom. The summed E-state index contributed by atoms with van der Waals surface area (Å²) in [5.74, 6) is 0. The Balaban J connectivity index is 1.17. The van der Waals surface area contributed by atoms with Gasteiger partial charge in [-0.2, -0.15) is 0 Å². The molecular formula is C63H65O16P3. The van der Waals surface area contributed by atoms with Crippen molar-refractivity contribution in [1.82, 2.24) is 0 Å². The van der Waals surface area contributed by atoms with Crippen LogP contribution in [0.4, 0.5) is 0 Å². The first-order valence-electron chi connectivity index (χ1n) is 26.6. The van der Waals surface area contributed by atoms with E-state index >= 15 is 13.7 Å². The van der Waals surface area contributed by atoms with Crippen LogP contribution in [0.25, 0.3) is 0 Å². The standard InChI is InChI=1S/C63H65O16P3/c64-58-59(77-80(65,71-43-52-29-13-3-14-30-52)72-44-53-31-15-4-16-32-53)61(69-42-51-27-11-2-12-28-51)62(70-49-68-41-50-25-9-1-10-26-50)63(79-82(67,75-47-56-37-21-7-22-38-56)76-48-57-39-23-8-24-40-57)60(58)78-81(66,73-45-54-33-17-5-18-34-54)74-46-55-35-19-6-20-36-55/h1-40,58-64H,41-49H2/t58-,59-,60+,61-,62-,63-/m1/s1. The van der Waals surface area contributed by atoms with E-state index in [0.29, 0.717) is 38.9 Å². The molecule has 9 rings (SSSR count). The Labute approximate surface area is 478 Å². The first kappa shape index (κ1) is 60.5. The lowest BCUT2D eigenvalue weighted by molar-refractivity contribution is -0.258. The van der Waals surface area contributed by atoms with Gasteiger partial charge in [-0.1, -0.05) is 243 Å². The van der Waals surface area contributed by atoms with Crippen LogP contribution >= 0.6 is 23.5 Å². The fourth-order valence-electron chi connectivity index (χ4n) is 8.62. The third-order valence-corrected chi connectivity index (χ3v) is 17.0. The van der Waals surface area contributed by atoms with Gasteiger partial charge in [0.1, 0.15) is 43.4 Å². The van der Waals surface area contributed by atoms with Gasteiger partial charge < -0.3 is 19.3 Å². The zero-order chi connectivity index (χ0) is 56.7. The zero-order valence-corrected chi connectivity index (χ0v) is 47.5. The second-order valence-corrected chi connectivity index (χ2v) is 23.8. The van der Waals surface area contributed by atoms with Crippen LogP contribution in [-0.4, -0.2) is 48.5 Å². The van der Waals surface area contributed by atoms with Gasteiger partial charge in [-0.3, -0.25) is 40.7 Å². The first-order valence-corrected chi connectivity index (χ1v) is 31.0. The van der Waals surface area contributed by atoms with Crippen LogP contribution in [0.15, 0.2) is 243 Å². The van der Waals surface area contributed by atoms with E-state index in [4.69, 9.17) is 54.9 Å². The molecule has 0 aliphatic heterocycles. The minimum atomic E-state index is -4.98. The molecule has 1 fully saturated rings. The van der Waals surface area contributed by atoms with Crippen molar-refractivity contribution in [2.45, 2.75) is 89.5 Å². The second-order valence-electron chi connectivity index (χ2n) is 18.9. The summed E-state index contributed by atoms with van der Waals surface area (Å²) < 4.78 is 124. The van der Waals surface area contributed by atoms with E-state index < -0.39 is 66.9 Å². The monoisotopic (exact) mass is 1170 g/mol. The van der Waals surface area contributed by atoms with Crippen molar-refractivity contribution in [3.63, 3.8) is 0 Å². The lowest BCUT2D eigenvalue weighted by Crippen LogP contribution is -2.66. The van der Waals surface area contributed by atoms with E-state index in [1.54, 1.807) is 146 Å². The molecule has 1 N–H and O–H groups in total. The van der Waals surface area contributed by atoms with Crippen molar-refractivity contribution in [3.8, 4) is 0 Å². The zero-order valence-electron chi connectivity index (χ0n) is 44.8. The van der Waals surface area contributed by atoms with E-state index in [0.717, 1.165) is 5.56 Å². The van der Waals surface area contributed by atoms with Crippen molar-refractivity contribution in [1.29, 1.82) is 0 Å². The summed E-state index contributed by atoms with van der Waals surface area (Å²) in [7, 11) is -14.8. The Kier molecular flexibility index (Phi) is 22.9. The average Bonchev–Trinajstić information content (AvgIpc) is 3.61. The lowest BCUT2D eigenvalue weighted by Gasteiger charge is -2.48. The quantitative estimate of drug-likeness (QED) is 0.0238. The normalized spacial score (nSPS) is 18.5. The third-order valence-electron chi connectivity index (χ3n) is 12.9. The summed E-state index contributed by atoms with van der Waals surface area (Å²) in [6, 6.07) is 72.0.